The van der Waals surface area contributed by atoms with Crippen molar-refractivity contribution in [2.45, 2.75) is 19.3 Å². The van der Waals surface area contributed by atoms with Crippen molar-refractivity contribution in [3.05, 3.63) is 64.1 Å². The number of benzene rings is 2. The summed E-state index contributed by atoms with van der Waals surface area (Å²) in [6, 6.07) is 16.5. The summed E-state index contributed by atoms with van der Waals surface area (Å²) in [7, 11) is 0. The second-order valence-corrected chi connectivity index (χ2v) is 5.65. The van der Waals surface area contributed by atoms with Crippen LogP contribution in [0.5, 0.6) is 5.75 Å². The smallest absolute Gasteiger partial charge is 0.122 e. The maximum Gasteiger partial charge on any atom is 0.122 e. The normalized spacial score (nSPS) is 12.2. The number of hydrogen-bond donors (Lipinski definition) is 1. The molecule has 0 fully saturated rings. The second kappa shape index (κ2) is 7.46. The van der Waals surface area contributed by atoms with Crippen LogP contribution in [-0.4, -0.2) is 13.2 Å². The van der Waals surface area contributed by atoms with Crippen molar-refractivity contribution >= 4 is 15.9 Å². The van der Waals surface area contributed by atoms with Gasteiger partial charge in [0, 0.05) is 10.4 Å². The van der Waals surface area contributed by atoms with Gasteiger partial charge in [0.1, 0.15) is 5.75 Å². The van der Waals surface area contributed by atoms with E-state index in [0.717, 1.165) is 16.6 Å². The first-order chi connectivity index (χ1) is 9.74. The lowest BCUT2D eigenvalue weighted by atomic mass is 9.92. The lowest BCUT2D eigenvalue weighted by molar-refractivity contribution is 0.335. The van der Waals surface area contributed by atoms with Crippen LogP contribution in [0.25, 0.3) is 0 Å². The van der Waals surface area contributed by atoms with Crippen molar-refractivity contribution in [1.82, 2.24) is 0 Å². The minimum absolute atomic E-state index is 0.300. The first-order valence-corrected chi connectivity index (χ1v) is 7.70. The Kier molecular flexibility index (Phi) is 5.62. The molecule has 2 N–H and O–H groups in total. The number of hydrogen-bond acceptors (Lipinski definition) is 2. The van der Waals surface area contributed by atoms with Crippen molar-refractivity contribution in [2.75, 3.05) is 13.2 Å². The molecule has 0 amide bonds. The maximum atomic E-state index is 5.97. The predicted octanol–water partition coefficient (Wildman–Crippen LogP) is 4.13. The minimum Gasteiger partial charge on any atom is -0.494 e. The molecule has 20 heavy (non-hydrogen) atoms. The van der Waals surface area contributed by atoms with Gasteiger partial charge in [0.05, 0.1) is 6.61 Å². The van der Waals surface area contributed by atoms with Crippen LogP contribution in [0, 0.1) is 0 Å². The highest BCUT2D eigenvalue weighted by Crippen LogP contribution is 2.27. The molecule has 0 aliphatic heterocycles. The second-order valence-electron chi connectivity index (χ2n) is 4.73. The third-order valence-electron chi connectivity index (χ3n) is 3.34. The first kappa shape index (κ1) is 15.1. The quantitative estimate of drug-likeness (QED) is 0.862. The SMILES string of the molecule is CCOc1ccccc1CC(CN)c1cccc(Br)c1. The largest absolute Gasteiger partial charge is 0.494 e. The highest BCUT2D eigenvalue weighted by molar-refractivity contribution is 9.10. The van der Waals surface area contributed by atoms with E-state index in [1.54, 1.807) is 0 Å². The van der Waals surface area contributed by atoms with Gasteiger partial charge in [-0.05, 0) is 49.2 Å². The molecule has 0 saturated heterocycles. The molecular formula is C17H20BrNO. The van der Waals surface area contributed by atoms with Crippen LogP contribution in [0.2, 0.25) is 0 Å². The van der Waals surface area contributed by atoms with Crippen molar-refractivity contribution < 1.29 is 4.74 Å². The lowest BCUT2D eigenvalue weighted by Gasteiger charge is -2.18. The summed E-state index contributed by atoms with van der Waals surface area (Å²) in [6.07, 6.45) is 0.892. The fraction of sp³-hybridized carbons (Fsp3) is 0.294. The first-order valence-electron chi connectivity index (χ1n) is 6.90. The van der Waals surface area contributed by atoms with Crippen LogP contribution in [0.3, 0.4) is 0 Å². The Balaban J connectivity index is 2.22. The molecule has 0 heterocycles. The number of nitrogens with two attached hydrogens (primary N) is 1. The highest BCUT2D eigenvalue weighted by Gasteiger charge is 2.13. The molecule has 0 aliphatic carbocycles. The molecule has 2 rings (SSSR count). The zero-order chi connectivity index (χ0) is 14.4. The standard InChI is InChI=1S/C17H20BrNO/c1-2-20-17-9-4-3-6-14(17)10-15(12-19)13-7-5-8-16(18)11-13/h3-9,11,15H,2,10,12,19H2,1H3. The molecule has 1 atom stereocenters. The highest BCUT2D eigenvalue weighted by atomic mass is 79.9. The van der Waals surface area contributed by atoms with Gasteiger partial charge in [-0.2, -0.15) is 0 Å². The van der Waals surface area contributed by atoms with Crippen LogP contribution in [0.15, 0.2) is 53.0 Å². The third-order valence-corrected chi connectivity index (χ3v) is 3.84. The fourth-order valence-electron chi connectivity index (χ4n) is 2.33. The van der Waals surface area contributed by atoms with Crippen LogP contribution in [0.4, 0.5) is 0 Å². The Morgan fingerprint density at radius 1 is 1.15 bits per heavy atom. The molecule has 106 valence electrons. The molecule has 0 spiro atoms. The molecule has 2 nitrogen and oxygen atoms in total. The van der Waals surface area contributed by atoms with Gasteiger partial charge in [-0.1, -0.05) is 46.3 Å². The molecule has 0 aromatic heterocycles. The molecule has 1 unspecified atom stereocenters. The van der Waals surface area contributed by atoms with Gasteiger partial charge in [-0.15, -0.1) is 0 Å². The number of rotatable bonds is 6. The molecule has 0 aliphatic rings. The maximum absolute atomic E-state index is 5.97. The zero-order valence-corrected chi connectivity index (χ0v) is 13.3. The number of halogens is 1. The summed E-state index contributed by atoms with van der Waals surface area (Å²) in [5, 5.41) is 0. The summed E-state index contributed by atoms with van der Waals surface area (Å²) in [5.74, 6) is 1.26. The molecule has 0 bridgehead atoms. The van der Waals surface area contributed by atoms with Crippen molar-refractivity contribution in [2.24, 2.45) is 5.73 Å². The van der Waals surface area contributed by atoms with Gasteiger partial charge in [-0.3, -0.25) is 0 Å². The van der Waals surface area contributed by atoms with Gasteiger partial charge < -0.3 is 10.5 Å². The van der Waals surface area contributed by atoms with E-state index in [-0.39, 0.29) is 0 Å². The van der Waals surface area contributed by atoms with E-state index >= 15 is 0 Å². The Hall–Kier alpha value is -1.32. The topological polar surface area (TPSA) is 35.2 Å². The summed E-state index contributed by atoms with van der Waals surface area (Å²) < 4.78 is 6.78. The molecule has 2 aromatic rings. The monoisotopic (exact) mass is 333 g/mol. The number of ether oxygens (including phenoxy) is 1. The summed E-state index contributed by atoms with van der Waals surface area (Å²) in [6.45, 7) is 3.31. The van der Waals surface area contributed by atoms with Gasteiger partial charge in [-0.25, -0.2) is 0 Å². The molecule has 0 saturated carbocycles. The van der Waals surface area contributed by atoms with Gasteiger partial charge in [0.2, 0.25) is 0 Å². The lowest BCUT2D eigenvalue weighted by Crippen LogP contribution is -2.15. The fourth-order valence-corrected chi connectivity index (χ4v) is 2.75. The summed E-state index contributed by atoms with van der Waals surface area (Å²) >= 11 is 3.52. The van der Waals surface area contributed by atoms with E-state index in [4.69, 9.17) is 10.5 Å². The Bertz CT molecular complexity index is 556. The summed E-state index contributed by atoms with van der Waals surface area (Å²) in [5.41, 5.74) is 8.44. The summed E-state index contributed by atoms with van der Waals surface area (Å²) in [4.78, 5) is 0. The Morgan fingerprint density at radius 2 is 1.95 bits per heavy atom. The molecular weight excluding hydrogens is 314 g/mol. The van der Waals surface area contributed by atoms with Crippen molar-refractivity contribution in [3.63, 3.8) is 0 Å². The van der Waals surface area contributed by atoms with Crippen LogP contribution >= 0.6 is 15.9 Å². The van der Waals surface area contributed by atoms with E-state index in [0.29, 0.717) is 19.1 Å². The Morgan fingerprint density at radius 3 is 2.65 bits per heavy atom. The average Bonchev–Trinajstić information content (AvgIpc) is 2.46. The van der Waals surface area contributed by atoms with E-state index in [1.807, 2.05) is 31.2 Å². The zero-order valence-electron chi connectivity index (χ0n) is 11.7. The van der Waals surface area contributed by atoms with E-state index in [2.05, 4.69) is 40.2 Å². The van der Waals surface area contributed by atoms with E-state index < -0.39 is 0 Å². The van der Waals surface area contributed by atoms with Crippen LogP contribution < -0.4 is 10.5 Å². The van der Waals surface area contributed by atoms with Crippen molar-refractivity contribution in [1.29, 1.82) is 0 Å². The molecule has 0 radical (unpaired) electrons. The number of para-hydroxylation sites is 1. The average molecular weight is 334 g/mol. The predicted molar refractivity (Wildman–Crippen MR) is 87.3 cm³/mol. The third kappa shape index (κ3) is 3.84. The molecule has 2 aromatic carbocycles. The van der Waals surface area contributed by atoms with Gasteiger partial charge in [0.25, 0.3) is 0 Å². The van der Waals surface area contributed by atoms with Gasteiger partial charge in [0.15, 0.2) is 0 Å². The van der Waals surface area contributed by atoms with Crippen LogP contribution in [-0.2, 0) is 6.42 Å². The van der Waals surface area contributed by atoms with E-state index in [9.17, 15) is 0 Å². The van der Waals surface area contributed by atoms with E-state index in [1.165, 1.54) is 11.1 Å². The van der Waals surface area contributed by atoms with Crippen LogP contribution in [0.1, 0.15) is 24.0 Å². The Labute approximate surface area is 129 Å². The van der Waals surface area contributed by atoms with Gasteiger partial charge >= 0.3 is 0 Å². The van der Waals surface area contributed by atoms with Crippen molar-refractivity contribution in [3.8, 4) is 5.75 Å². The molecule has 3 heteroatoms. The minimum atomic E-state index is 0.300.